The van der Waals surface area contributed by atoms with Crippen LogP contribution in [0.15, 0.2) is 12.1 Å². The fourth-order valence-corrected chi connectivity index (χ4v) is 3.01. The third kappa shape index (κ3) is 5.61. The average Bonchev–Trinajstić information content (AvgIpc) is 3.09. The van der Waals surface area contributed by atoms with E-state index in [4.69, 9.17) is 9.84 Å². The summed E-state index contributed by atoms with van der Waals surface area (Å²) in [7, 11) is 0. The van der Waals surface area contributed by atoms with Crippen molar-refractivity contribution in [3.05, 3.63) is 40.5 Å². The molecule has 1 heterocycles. The number of carbonyl (C=O) groups excluding carboxylic acids is 1. The van der Waals surface area contributed by atoms with Gasteiger partial charge in [-0.3, -0.25) is 5.32 Å². The summed E-state index contributed by atoms with van der Waals surface area (Å²) in [6, 6.07) is 2.12. The Balaban J connectivity index is 2.12. The number of hydrogen-bond acceptors (Lipinski definition) is 6. The van der Waals surface area contributed by atoms with Crippen molar-refractivity contribution >= 4 is 28.5 Å². The lowest BCUT2D eigenvalue weighted by Crippen LogP contribution is -2.33. The van der Waals surface area contributed by atoms with E-state index in [0.717, 1.165) is 0 Å². The van der Waals surface area contributed by atoms with Crippen molar-refractivity contribution < 1.29 is 33.3 Å². The molecular formula is C18H21F2N3O5S. The quantitative estimate of drug-likeness (QED) is 0.486. The van der Waals surface area contributed by atoms with Crippen LogP contribution in [-0.4, -0.2) is 39.7 Å². The molecule has 2 rings (SSSR count). The van der Waals surface area contributed by atoms with Crippen LogP contribution in [0.2, 0.25) is 0 Å². The van der Waals surface area contributed by atoms with Crippen LogP contribution in [0, 0.1) is 17.6 Å². The van der Waals surface area contributed by atoms with Gasteiger partial charge in [-0.05, 0) is 29.4 Å². The monoisotopic (exact) mass is 429 g/mol. The van der Waals surface area contributed by atoms with E-state index in [-0.39, 0.29) is 41.1 Å². The van der Waals surface area contributed by atoms with E-state index in [1.165, 1.54) is 12.1 Å². The second kappa shape index (κ2) is 10.1. The minimum atomic E-state index is -1.40. The predicted molar refractivity (Wildman–Crippen MR) is 102 cm³/mol. The van der Waals surface area contributed by atoms with Crippen LogP contribution in [0.4, 0.5) is 18.6 Å². The predicted octanol–water partition coefficient (Wildman–Crippen LogP) is 3.01. The lowest BCUT2D eigenvalue weighted by atomic mass is 10.1. The van der Waals surface area contributed by atoms with Crippen LogP contribution in [0.25, 0.3) is 0 Å². The summed E-state index contributed by atoms with van der Waals surface area (Å²) < 4.78 is 37.1. The van der Waals surface area contributed by atoms with Gasteiger partial charge in [-0.1, -0.05) is 26.0 Å². The van der Waals surface area contributed by atoms with Crippen molar-refractivity contribution in [2.45, 2.75) is 26.9 Å². The molecule has 1 aromatic carbocycles. The first kappa shape index (κ1) is 22.5. The number of amides is 2. The van der Waals surface area contributed by atoms with E-state index in [9.17, 15) is 23.5 Å². The zero-order valence-electron chi connectivity index (χ0n) is 15.8. The molecule has 4 N–H and O–H groups in total. The maximum Gasteiger partial charge on any atom is 0.344 e. The standard InChI is InChI=1S/C18H21F2N3O5S/c1-3-10-4-5-11(14(20)13(10)19)8-28-15-12(17(25)26)16(29-23-15)22-18(27)21-6-9(2)7-24/h4-5,9,24H,3,6-8H2,1-2H3,(H,25,26)(H2,21,22,27). The Morgan fingerprint density at radius 2 is 1.93 bits per heavy atom. The van der Waals surface area contributed by atoms with Crippen LogP contribution >= 0.6 is 11.5 Å². The minimum Gasteiger partial charge on any atom is -0.477 e. The van der Waals surface area contributed by atoms with Crippen molar-refractivity contribution in [3.63, 3.8) is 0 Å². The van der Waals surface area contributed by atoms with Crippen LogP contribution < -0.4 is 15.4 Å². The number of anilines is 1. The highest BCUT2D eigenvalue weighted by atomic mass is 32.1. The zero-order chi connectivity index (χ0) is 21.6. The molecule has 0 saturated carbocycles. The molecule has 0 fully saturated rings. The number of carbonyl (C=O) groups is 2. The van der Waals surface area contributed by atoms with Gasteiger partial charge in [0.2, 0.25) is 5.88 Å². The Morgan fingerprint density at radius 3 is 2.55 bits per heavy atom. The third-order valence-electron chi connectivity index (χ3n) is 4.01. The number of aliphatic hydroxyl groups excluding tert-OH is 1. The number of carboxylic acids is 1. The minimum absolute atomic E-state index is 0.0744. The maximum atomic E-state index is 14.1. The van der Waals surface area contributed by atoms with Gasteiger partial charge in [0.15, 0.2) is 17.2 Å². The number of nitrogens with zero attached hydrogens (tertiary/aromatic N) is 1. The third-order valence-corrected chi connectivity index (χ3v) is 4.76. The van der Waals surface area contributed by atoms with Gasteiger partial charge in [-0.15, -0.1) is 0 Å². The molecule has 0 bridgehead atoms. The summed E-state index contributed by atoms with van der Waals surface area (Å²) in [5.41, 5.74) is -0.264. The largest absolute Gasteiger partial charge is 0.477 e. The smallest absolute Gasteiger partial charge is 0.344 e. The number of hydrogen-bond donors (Lipinski definition) is 4. The SMILES string of the molecule is CCc1ccc(COc2nsc(NC(=O)NCC(C)CO)c2C(=O)O)c(F)c1F. The number of nitrogens with one attached hydrogen (secondary N) is 2. The van der Waals surface area contributed by atoms with Crippen LogP contribution in [0.1, 0.15) is 35.3 Å². The van der Waals surface area contributed by atoms with Crippen molar-refractivity contribution in [1.29, 1.82) is 0 Å². The summed E-state index contributed by atoms with van der Waals surface area (Å²) >= 11 is 0.676. The maximum absolute atomic E-state index is 14.1. The Bertz CT molecular complexity index is 891. The molecule has 2 amide bonds. The van der Waals surface area contributed by atoms with Gasteiger partial charge >= 0.3 is 12.0 Å². The number of aromatic carboxylic acids is 1. The lowest BCUT2D eigenvalue weighted by molar-refractivity contribution is 0.0693. The van der Waals surface area contributed by atoms with Gasteiger partial charge in [0.1, 0.15) is 11.6 Å². The number of aromatic nitrogens is 1. The molecule has 11 heteroatoms. The molecule has 0 saturated heterocycles. The van der Waals surface area contributed by atoms with Crippen molar-refractivity contribution in [3.8, 4) is 5.88 Å². The highest BCUT2D eigenvalue weighted by molar-refractivity contribution is 7.11. The Labute approximate surface area is 169 Å². The molecule has 1 atom stereocenters. The summed E-state index contributed by atoms with van der Waals surface area (Å²) in [5, 5.41) is 23.1. The summed E-state index contributed by atoms with van der Waals surface area (Å²) in [6.07, 6.45) is 0.327. The molecule has 0 radical (unpaired) electrons. The van der Waals surface area contributed by atoms with Gasteiger partial charge in [-0.25, -0.2) is 18.4 Å². The van der Waals surface area contributed by atoms with Crippen LogP contribution in [0.3, 0.4) is 0 Å². The first-order valence-corrected chi connectivity index (χ1v) is 9.52. The number of halogens is 2. The summed E-state index contributed by atoms with van der Waals surface area (Å²) in [4.78, 5) is 23.5. The van der Waals surface area contributed by atoms with Gasteiger partial charge in [0, 0.05) is 18.7 Å². The van der Waals surface area contributed by atoms with E-state index in [1.807, 2.05) is 0 Å². The highest BCUT2D eigenvalue weighted by Gasteiger charge is 2.24. The van der Waals surface area contributed by atoms with Gasteiger partial charge in [-0.2, -0.15) is 4.37 Å². The second-order valence-corrected chi connectivity index (χ2v) is 7.05. The molecule has 2 aromatic rings. The topological polar surface area (TPSA) is 121 Å². The Hall–Kier alpha value is -2.79. The first-order valence-electron chi connectivity index (χ1n) is 8.75. The van der Waals surface area contributed by atoms with Gasteiger partial charge in [0.25, 0.3) is 0 Å². The van der Waals surface area contributed by atoms with Crippen molar-refractivity contribution in [2.24, 2.45) is 5.92 Å². The number of carboxylic acid groups (broad SMARTS) is 1. The molecule has 158 valence electrons. The van der Waals surface area contributed by atoms with E-state index >= 15 is 0 Å². The fraction of sp³-hybridized carbons (Fsp3) is 0.389. The highest BCUT2D eigenvalue weighted by Crippen LogP contribution is 2.31. The average molecular weight is 429 g/mol. The molecule has 1 aromatic heterocycles. The summed E-state index contributed by atoms with van der Waals surface area (Å²) in [6.45, 7) is 3.05. The lowest BCUT2D eigenvalue weighted by Gasteiger charge is -2.10. The van der Waals surface area contributed by atoms with Crippen LogP contribution in [-0.2, 0) is 13.0 Å². The molecule has 0 aliphatic carbocycles. The van der Waals surface area contributed by atoms with E-state index in [1.54, 1.807) is 13.8 Å². The van der Waals surface area contributed by atoms with Gasteiger partial charge < -0.3 is 20.3 Å². The van der Waals surface area contributed by atoms with Crippen LogP contribution in [0.5, 0.6) is 5.88 Å². The van der Waals surface area contributed by atoms with Crippen molar-refractivity contribution in [2.75, 3.05) is 18.5 Å². The number of rotatable bonds is 9. The molecule has 8 nitrogen and oxygen atoms in total. The van der Waals surface area contributed by atoms with E-state index in [2.05, 4.69) is 15.0 Å². The molecule has 29 heavy (non-hydrogen) atoms. The van der Waals surface area contributed by atoms with E-state index < -0.39 is 35.8 Å². The normalized spacial score (nSPS) is 11.8. The Morgan fingerprint density at radius 1 is 1.28 bits per heavy atom. The fourth-order valence-electron chi connectivity index (χ4n) is 2.29. The molecule has 0 aliphatic heterocycles. The number of aryl methyl sites for hydroxylation is 1. The molecule has 1 unspecified atom stereocenters. The number of benzene rings is 1. The van der Waals surface area contributed by atoms with Crippen molar-refractivity contribution in [1.82, 2.24) is 9.69 Å². The second-order valence-electron chi connectivity index (χ2n) is 6.27. The number of urea groups is 1. The molecule has 0 aliphatic rings. The summed E-state index contributed by atoms with van der Waals surface area (Å²) in [5.74, 6) is -3.93. The molecular weight excluding hydrogens is 408 g/mol. The van der Waals surface area contributed by atoms with E-state index in [0.29, 0.717) is 18.0 Å². The first-order chi connectivity index (χ1) is 13.8. The van der Waals surface area contributed by atoms with Gasteiger partial charge in [0.05, 0.1) is 0 Å². The number of aliphatic hydroxyl groups is 1. The molecule has 0 spiro atoms. The number of ether oxygens (including phenoxy) is 1. The zero-order valence-corrected chi connectivity index (χ0v) is 16.6. The Kier molecular flexibility index (Phi) is 7.85.